The van der Waals surface area contributed by atoms with E-state index in [-0.39, 0.29) is 34.7 Å². The van der Waals surface area contributed by atoms with Gasteiger partial charge in [-0.2, -0.15) is 0 Å². The molecule has 0 spiro atoms. The van der Waals surface area contributed by atoms with Crippen LogP contribution in [-0.2, 0) is 9.47 Å². The molecule has 1 heterocycles. The van der Waals surface area contributed by atoms with E-state index in [0.29, 0.717) is 11.3 Å². The third kappa shape index (κ3) is 4.08. The molecule has 9 nitrogen and oxygen atoms in total. The summed E-state index contributed by atoms with van der Waals surface area (Å²) >= 11 is 0. The lowest BCUT2D eigenvalue weighted by Gasteiger charge is -2.07. The Morgan fingerprint density at radius 1 is 1.07 bits per heavy atom. The minimum Gasteiger partial charge on any atom is -0.462 e. The standard InChI is InChI=1S/C19H20N2O7/c1-5-27-19(24)16-11(3)17(20-12(16)4)15(22)9-28-18(23)13-7-6-8-14(10(13)2)21(25)26/h6-8,20H,5,9H2,1-4H3. The Labute approximate surface area is 160 Å². The Balaban J connectivity index is 2.16. The maximum atomic E-state index is 12.4. The first kappa shape index (κ1) is 20.8. The highest BCUT2D eigenvalue weighted by Crippen LogP contribution is 2.22. The van der Waals surface area contributed by atoms with E-state index in [1.165, 1.54) is 25.1 Å². The van der Waals surface area contributed by atoms with Crippen LogP contribution in [0, 0.1) is 30.9 Å². The molecule has 2 rings (SSSR count). The van der Waals surface area contributed by atoms with Crippen molar-refractivity contribution in [1.29, 1.82) is 0 Å². The van der Waals surface area contributed by atoms with Crippen molar-refractivity contribution in [2.45, 2.75) is 27.7 Å². The summed E-state index contributed by atoms with van der Waals surface area (Å²) in [5.41, 5.74) is 1.24. The minimum atomic E-state index is -0.846. The largest absolute Gasteiger partial charge is 0.462 e. The molecule has 1 N–H and O–H groups in total. The van der Waals surface area contributed by atoms with Gasteiger partial charge in [0.2, 0.25) is 5.78 Å². The molecule has 0 unspecified atom stereocenters. The number of H-pyrrole nitrogens is 1. The van der Waals surface area contributed by atoms with Crippen molar-refractivity contribution >= 4 is 23.4 Å². The van der Waals surface area contributed by atoms with Gasteiger partial charge in [0.05, 0.1) is 28.4 Å². The molecular formula is C19H20N2O7. The fraction of sp³-hybridized carbons (Fsp3) is 0.316. The number of rotatable bonds is 7. The number of nitro groups is 1. The highest BCUT2D eigenvalue weighted by Gasteiger charge is 2.24. The summed E-state index contributed by atoms with van der Waals surface area (Å²) < 4.78 is 10.00. The van der Waals surface area contributed by atoms with Gasteiger partial charge in [0.25, 0.3) is 5.69 Å². The Kier molecular flexibility index (Phi) is 6.29. The van der Waals surface area contributed by atoms with E-state index in [9.17, 15) is 24.5 Å². The van der Waals surface area contributed by atoms with Crippen LogP contribution in [0.15, 0.2) is 18.2 Å². The van der Waals surface area contributed by atoms with E-state index in [2.05, 4.69) is 4.98 Å². The maximum absolute atomic E-state index is 12.4. The molecule has 0 bridgehead atoms. The first-order valence-electron chi connectivity index (χ1n) is 8.49. The monoisotopic (exact) mass is 388 g/mol. The number of nitro benzene ring substituents is 1. The van der Waals surface area contributed by atoms with E-state index in [4.69, 9.17) is 9.47 Å². The number of aromatic nitrogens is 1. The Morgan fingerprint density at radius 2 is 1.75 bits per heavy atom. The van der Waals surface area contributed by atoms with Crippen molar-refractivity contribution in [3.8, 4) is 0 Å². The zero-order valence-electron chi connectivity index (χ0n) is 16.0. The number of aryl methyl sites for hydroxylation is 1. The zero-order valence-corrected chi connectivity index (χ0v) is 16.0. The highest BCUT2D eigenvalue weighted by atomic mass is 16.6. The molecule has 1 aromatic heterocycles. The van der Waals surface area contributed by atoms with Gasteiger partial charge >= 0.3 is 11.9 Å². The molecule has 0 amide bonds. The summed E-state index contributed by atoms with van der Waals surface area (Å²) in [6, 6.07) is 4.03. The average Bonchev–Trinajstić information content (AvgIpc) is 2.94. The van der Waals surface area contributed by atoms with E-state index >= 15 is 0 Å². The number of nitrogens with zero attached hydrogens (tertiary/aromatic N) is 1. The van der Waals surface area contributed by atoms with E-state index in [1.807, 2.05) is 0 Å². The molecule has 2 aromatic rings. The number of aromatic amines is 1. The van der Waals surface area contributed by atoms with Crippen LogP contribution in [0.1, 0.15) is 54.9 Å². The second kappa shape index (κ2) is 8.47. The molecule has 148 valence electrons. The molecule has 0 radical (unpaired) electrons. The quantitative estimate of drug-likeness (QED) is 0.334. The van der Waals surface area contributed by atoms with Gasteiger partial charge in [0.15, 0.2) is 6.61 Å². The normalized spacial score (nSPS) is 10.4. The second-order valence-corrected chi connectivity index (χ2v) is 6.05. The summed E-state index contributed by atoms with van der Waals surface area (Å²) in [7, 11) is 0. The van der Waals surface area contributed by atoms with Crippen molar-refractivity contribution in [2.75, 3.05) is 13.2 Å². The smallest absolute Gasteiger partial charge is 0.340 e. The SMILES string of the molecule is CCOC(=O)c1c(C)[nH]c(C(=O)COC(=O)c2cccc([N+](=O)[O-])c2C)c1C. The van der Waals surface area contributed by atoms with Gasteiger partial charge in [0, 0.05) is 17.3 Å². The van der Waals surface area contributed by atoms with E-state index in [1.54, 1.807) is 20.8 Å². The molecule has 1 aromatic carbocycles. The molecule has 0 atom stereocenters. The molecule has 0 aliphatic rings. The number of hydrogen-bond donors (Lipinski definition) is 1. The van der Waals surface area contributed by atoms with Crippen LogP contribution in [0.4, 0.5) is 5.69 Å². The van der Waals surface area contributed by atoms with Crippen molar-refractivity contribution in [1.82, 2.24) is 4.98 Å². The van der Waals surface area contributed by atoms with Gasteiger partial charge in [-0.05, 0) is 39.3 Å². The fourth-order valence-corrected chi connectivity index (χ4v) is 2.86. The summed E-state index contributed by atoms with van der Waals surface area (Å²) in [5, 5.41) is 11.0. The number of nitrogens with one attached hydrogen (secondary N) is 1. The predicted molar refractivity (Wildman–Crippen MR) is 98.7 cm³/mol. The van der Waals surface area contributed by atoms with Crippen LogP contribution in [0.5, 0.6) is 0 Å². The first-order valence-corrected chi connectivity index (χ1v) is 8.49. The van der Waals surface area contributed by atoms with Crippen LogP contribution in [0.3, 0.4) is 0 Å². The molecule has 0 saturated heterocycles. The number of benzene rings is 1. The highest BCUT2D eigenvalue weighted by molar-refractivity contribution is 6.03. The van der Waals surface area contributed by atoms with Gasteiger partial charge < -0.3 is 14.5 Å². The van der Waals surface area contributed by atoms with Gasteiger partial charge in [0.1, 0.15) is 0 Å². The third-order valence-corrected chi connectivity index (χ3v) is 4.25. The lowest BCUT2D eigenvalue weighted by molar-refractivity contribution is -0.385. The molecule has 0 aliphatic carbocycles. The Bertz CT molecular complexity index is 959. The predicted octanol–water partition coefficient (Wildman–Crippen LogP) is 3.06. The third-order valence-electron chi connectivity index (χ3n) is 4.25. The number of ether oxygens (including phenoxy) is 2. The number of carbonyl (C=O) groups excluding carboxylic acids is 3. The molecule has 0 saturated carbocycles. The molecule has 0 fully saturated rings. The summed E-state index contributed by atoms with van der Waals surface area (Å²) in [6.07, 6.45) is 0. The summed E-state index contributed by atoms with van der Waals surface area (Å²) in [5.74, 6) is -1.93. The number of esters is 2. The molecule has 9 heteroatoms. The van der Waals surface area contributed by atoms with Crippen molar-refractivity contribution in [2.24, 2.45) is 0 Å². The fourth-order valence-electron chi connectivity index (χ4n) is 2.86. The summed E-state index contributed by atoms with van der Waals surface area (Å²) in [4.78, 5) is 49.9. The van der Waals surface area contributed by atoms with Gasteiger partial charge in [-0.25, -0.2) is 9.59 Å². The topological polar surface area (TPSA) is 129 Å². The van der Waals surface area contributed by atoms with E-state index < -0.39 is 29.3 Å². The molecular weight excluding hydrogens is 368 g/mol. The van der Waals surface area contributed by atoms with Crippen LogP contribution in [-0.4, -0.2) is 40.8 Å². The lowest BCUT2D eigenvalue weighted by atomic mass is 10.1. The first-order chi connectivity index (χ1) is 13.2. The number of Topliss-reactive ketones (excluding diaryl/α,β-unsaturated/α-hetero) is 1. The van der Waals surface area contributed by atoms with Crippen molar-refractivity contribution < 1.29 is 28.8 Å². The second-order valence-electron chi connectivity index (χ2n) is 6.05. The van der Waals surface area contributed by atoms with Gasteiger partial charge in [-0.1, -0.05) is 6.07 Å². The number of carbonyl (C=O) groups is 3. The zero-order chi connectivity index (χ0) is 21.0. The number of hydrogen-bond acceptors (Lipinski definition) is 7. The van der Waals surface area contributed by atoms with Gasteiger partial charge in [-0.15, -0.1) is 0 Å². The molecule has 28 heavy (non-hydrogen) atoms. The van der Waals surface area contributed by atoms with Gasteiger partial charge in [-0.3, -0.25) is 14.9 Å². The number of ketones is 1. The Hall–Kier alpha value is -3.49. The minimum absolute atomic E-state index is 0.00796. The van der Waals surface area contributed by atoms with Crippen molar-refractivity contribution in [3.05, 3.63) is 62.0 Å². The van der Waals surface area contributed by atoms with E-state index in [0.717, 1.165) is 0 Å². The Morgan fingerprint density at radius 3 is 2.36 bits per heavy atom. The average molecular weight is 388 g/mol. The van der Waals surface area contributed by atoms with Crippen molar-refractivity contribution in [3.63, 3.8) is 0 Å². The lowest BCUT2D eigenvalue weighted by Crippen LogP contribution is -2.16. The van der Waals surface area contributed by atoms with Crippen LogP contribution < -0.4 is 0 Å². The summed E-state index contributed by atoms with van der Waals surface area (Å²) in [6.45, 7) is 5.96. The van der Waals surface area contributed by atoms with Crippen LogP contribution in [0.25, 0.3) is 0 Å². The van der Waals surface area contributed by atoms with Crippen LogP contribution >= 0.6 is 0 Å². The maximum Gasteiger partial charge on any atom is 0.340 e. The van der Waals surface area contributed by atoms with Crippen LogP contribution in [0.2, 0.25) is 0 Å². The molecule has 0 aliphatic heterocycles.